The lowest BCUT2D eigenvalue weighted by molar-refractivity contribution is -0.115. The Morgan fingerprint density at radius 1 is 1.03 bits per heavy atom. The van der Waals surface area contributed by atoms with Crippen molar-refractivity contribution in [3.05, 3.63) is 60.2 Å². The first-order valence-electron chi connectivity index (χ1n) is 9.99. The first-order valence-corrected chi connectivity index (χ1v) is 12.2. The van der Waals surface area contributed by atoms with Crippen molar-refractivity contribution in [1.29, 1.82) is 0 Å². The van der Waals surface area contributed by atoms with Crippen LogP contribution in [0.2, 0.25) is 0 Å². The Hall–Kier alpha value is -2.95. The maximum atomic E-state index is 12.1. The zero-order valence-electron chi connectivity index (χ0n) is 17.9. The van der Waals surface area contributed by atoms with Gasteiger partial charge in [-0.3, -0.25) is 10.1 Å². The van der Waals surface area contributed by atoms with Gasteiger partial charge in [-0.25, -0.2) is 8.42 Å². The van der Waals surface area contributed by atoms with Crippen LogP contribution in [0.15, 0.2) is 54.6 Å². The summed E-state index contributed by atoms with van der Waals surface area (Å²) in [4.78, 5) is 14.2. The second kappa shape index (κ2) is 10.6. The Labute approximate surface area is 193 Å². The van der Waals surface area contributed by atoms with Gasteiger partial charge in [0.1, 0.15) is 5.75 Å². The first-order chi connectivity index (χ1) is 15.2. The zero-order valence-corrected chi connectivity index (χ0v) is 19.6. The van der Waals surface area contributed by atoms with E-state index in [0.29, 0.717) is 26.2 Å². The highest BCUT2D eigenvalue weighted by atomic mass is 32.2. The molecule has 3 rings (SSSR count). The number of amides is 1. The normalized spacial score (nSPS) is 14.9. The molecule has 10 heteroatoms. The monoisotopic (exact) mass is 474 g/mol. The summed E-state index contributed by atoms with van der Waals surface area (Å²) in [7, 11) is -1.55. The van der Waals surface area contributed by atoms with Gasteiger partial charge in [0.2, 0.25) is 15.9 Å². The molecular weight excluding hydrogens is 448 g/mol. The van der Waals surface area contributed by atoms with E-state index in [9.17, 15) is 13.2 Å². The SMILES string of the molecule is COc1ccc(/C=C/C(=O)NC(=S)Nc2ccc(N3CCN(S(C)(=O)=O)CC3)cc2)cc1. The molecule has 1 fully saturated rings. The van der Waals surface area contributed by atoms with Gasteiger partial charge in [0.15, 0.2) is 5.11 Å². The van der Waals surface area contributed by atoms with E-state index in [4.69, 9.17) is 17.0 Å². The Bertz CT molecular complexity index is 1080. The third kappa shape index (κ3) is 6.78. The molecule has 2 aromatic rings. The minimum atomic E-state index is -3.15. The van der Waals surface area contributed by atoms with E-state index < -0.39 is 10.0 Å². The molecule has 0 atom stereocenters. The molecule has 8 nitrogen and oxygen atoms in total. The third-order valence-electron chi connectivity index (χ3n) is 4.98. The second-order valence-corrected chi connectivity index (χ2v) is 9.64. The summed E-state index contributed by atoms with van der Waals surface area (Å²) in [5, 5.41) is 5.80. The smallest absolute Gasteiger partial charge is 0.250 e. The van der Waals surface area contributed by atoms with Crippen LogP contribution < -0.4 is 20.3 Å². The fourth-order valence-corrected chi connectivity index (χ4v) is 4.28. The molecule has 2 aromatic carbocycles. The number of rotatable bonds is 6. The Morgan fingerprint density at radius 2 is 1.66 bits per heavy atom. The standard InChI is InChI=1S/C22H26N4O4S2/c1-30-20-10-3-17(4-11-20)5-12-21(27)24-22(31)23-18-6-8-19(9-7-18)25-13-15-26(16-14-25)32(2,28)29/h3-12H,13-16H2,1-2H3,(H2,23,24,27,31)/b12-5+. The molecule has 0 spiro atoms. The van der Waals surface area contributed by atoms with Gasteiger partial charge in [0.05, 0.1) is 13.4 Å². The minimum Gasteiger partial charge on any atom is -0.497 e. The van der Waals surface area contributed by atoms with E-state index >= 15 is 0 Å². The molecule has 0 unspecified atom stereocenters. The molecule has 1 amide bonds. The maximum absolute atomic E-state index is 12.1. The molecule has 170 valence electrons. The number of anilines is 2. The number of thiocarbonyl (C=S) groups is 1. The number of piperazine rings is 1. The summed E-state index contributed by atoms with van der Waals surface area (Å²) < 4.78 is 29.9. The van der Waals surface area contributed by atoms with Crippen molar-refractivity contribution in [2.24, 2.45) is 0 Å². The lowest BCUT2D eigenvalue weighted by Crippen LogP contribution is -2.48. The van der Waals surface area contributed by atoms with Crippen LogP contribution in [0.25, 0.3) is 6.08 Å². The maximum Gasteiger partial charge on any atom is 0.250 e. The summed E-state index contributed by atoms with van der Waals surface area (Å²) in [6, 6.07) is 14.9. The molecule has 0 bridgehead atoms. The average Bonchev–Trinajstić information content (AvgIpc) is 2.78. The lowest BCUT2D eigenvalue weighted by atomic mass is 10.2. The van der Waals surface area contributed by atoms with E-state index in [1.807, 2.05) is 48.5 Å². The van der Waals surface area contributed by atoms with Crippen LogP contribution in [0.5, 0.6) is 5.75 Å². The molecule has 0 aromatic heterocycles. The van der Waals surface area contributed by atoms with E-state index in [0.717, 1.165) is 22.7 Å². The molecule has 1 aliphatic rings. The predicted octanol–water partition coefficient (Wildman–Crippen LogP) is 2.30. The van der Waals surface area contributed by atoms with Crippen molar-refractivity contribution in [2.75, 3.05) is 49.8 Å². The highest BCUT2D eigenvalue weighted by molar-refractivity contribution is 7.88. The largest absolute Gasteiger partial charge is 0.497 e. The molecule has 0 radical (unpaired) electrons. The summed E-state index contributed by atoms with van der Waals surface area (Å²) >= 11 is 5.22. The van der Waals surface area contributed by atoms with Gasteiger partial charge in [0.25, 0.3) is 0 Å². The van der Waals surface area contributed by atoms with Crippen molar-refractivity contribution >= 4 is 50.7 Å². The van der Waals surface area contributed by atoms with Gasteiger partial charge < -0.3 is 15.0 Å². The second-order valence-electron chi connectivity index (χ2n) is 7.25. The summed E-state index contributed by atoms with van der Waals surface area (Å²) in [5.41, 5.74) is 2.61. The topological polar surface area (TPSA) is 91.0 Å². The van der Waals surface area contributed by atoms with Gasteiger partial charge >= 0.3 is 0 Å². The van der Waals surface area contributed by atoms with Crippen LogP contribution in [-0.4, -0.2) is 63.3 Å². The molecule has 0 saturated carbocycles. The highest BCUT2D eigenvalue weighted by Gasteiger charge is 2.23. The van der Waals surface area contributed by atoms with Crippen molar-refractivity contribution in [1.82, 2.24) is 9.62 Å². The van der Waals surface area contributed by atoms with Crippen LogP contribution in [0.1, 0.15) is 5.56 Å². The predicted molar refractivity (Wildman–Crippen MR) is 131 cm³/mol. The van der Waals surface area contributed by atoms with Crippen LogP contribution in [-0.2, 0) is 14.8 Å². The number of methoxy groups -OCH3 is 1. The fraction of sp³-hybridized carbons (Fsp3) is 0.273. The number of hydrogen-bond acceptors (Lipinski definition) is 6. The number of sulfonamides is 1. The fourth-order valence-electron chi connectivity index (χ4n) is 3.24. The van der Waals surface area contributed by atoms with Crippen LogP contribution in [0.4, 0.5) is 11.4 Å². The number of nitrogens with one attached hydrogen (secondary N) is 2. The Morgan fingerprint density at radius 3 is 2.22 bits per heavy atom. The van der Waals surface area contributed by atoms with Crippen LogP contribution in [0.3, 0.4) is 0 Å². The molecule has 1 saturated heterocycles. The van der Waals surface area contributed by atoms with Gasteiger partial charge in [-0.05, 0) is 60.3 Å². The number of nitrogens with zero attached hydrogens (tertiary/aromatic N) is 2. The van der Waals surface area contributed by atoms with E-state index in [1.165, 1.54) is 16.6 Å². The number of carbonyl (C=O) groups excluding carboxylic acids is 1. The summed E-state index contributed by atoms with van der Waals surface area (Å²) in [6.07, 6.45) is 4.34. The third-order valence-corrected chi connectivity index (χ3v) is 6.48. The van der Waals surface area contributed by atoms with Gasteiger partial charge in [-0.15, -0.1) is 0 Å². The first kappa shape index (κ1) is 23.7. The number of benzene rings is 2. The number of ether oxygens (including phenoxy) is 1. The van der Waals surface area contributed by atoms with Gasteiger partial charge in [-0.1, -0.05) is 12.1 Å². The Kier molecular flexibility index (Phi) is 7.84. The molecule has 1 aliphatic heterocycles. The van der Waals surface area contributed by atoms with E-state index in [2.05, 4.69) is 15.5 Å². The molecule has 2 N–H and O–H groups in total. The zero-order chi connectivity index (χ0) is 23.1. The van der Waals surface area contributed by atoms with Crippen molar-refractivity contribution in [3.8, 4) is 5.75 Å². The Balaban J connectivity index is 1.48. The minimum absolute atomic E-state index is 0.198. The van der Waals surface area contributed by atoms with E-state index in [-0.39, 0.29) is 11.0 Å². The van der Waals surface area contributed by atoms with Crippen LogP contribution in [0, 0.1) is 0 Å². The van der Waals surface area contributed by atoms with Crippen molar-refractivity contribution in [3.63, 3.8) is 0 Å². The summed E-state index contributed by atoms with van der Waals surface area (Å²) in [5.74, 6) is 0.415. The molecule has 1 heterocycles. The molecule has 0 aliphatic carbocycles. The number of hydrogen-bond donors (Lipinski definition) is 2. The van der Waals surface area contributed by atoms with Crippen molar-refractivity contribution < 1.29 is 17.9 Å². The summed E-state index contributed by atoms with van der Waals surface area (Å²) in [6.45, 7) is 2.21. The van der Waals surface area contributed by atoms with E-state index in [1.54, 1.807) is 13.2 Å². The molecular formula is C22H26N4O4S2. The van der Waals surface area contributed by atoms with Gasteiger partial charge in [-0.2, -0.15) is 4.31 Å². The highest BCUT2D eigenvalue weighted by Crippen LogP contribution is 2.20. The number of carbonyl (C=O) groups is 1. The average molecular weight is 475 g/mol. The van der Waals surface area contributed by atoms with Gasteiger partial charge in [0, 0.05) is 43.6 Å². The van der Waals surface area contributed by atoms with Crippen LogP contribution >= 0.6 is 12.2 Å². The quantitative estimate of drug-likeness (QED) is 0.490. The lowest BCUT2D eigenvalue weighted by Gasteiger charge is -2.34. The van der Waals surface area contributed by atoms with Crippen molar-refractivity contribution in [2.45, 2.75) is 0 Å². The molecule has 32 heavy (non-hydrogen) atoms.